The molecule has 0 saturated heterocycles. The number of H-pyrrole nitrogens is 1. The predicted octanol–water partition coefficient (Wildman–Crippen LogP) is 5.91. The van der Waals surface area contributed by atoms with Crippen molar-refractivity contribution in [2.24, 2.45) is 0 Å². The molecule has 2 aromatic carbocycles. The van der Waals surface area contributed by atoms with E-state index in [2.05, 4.69) is 15.3 Å². The maximum atomic E-state index is 14.1. The Kier molecular flexibility index (Phi) is 7.75. The third-order valence-corrected chi connectivity index (χ3v) is 6.99. The second kappa shape index (κ2) is 11.7. The first-order valence-electron chi connectivity index (χ1n) is 13.0. The monoisotopic (exact) mass is 492 g/mol. The molecule has 1 fully saturated rings. The summed E-state index contributed by atoms with van der Waals surface area (Å²) in [6.45, 7) is 0.296. The summed E-state index contributed by atoms with van der Waals surface area (Å²) >= 11 is 0. The van der Waals surface area contributed by atoms with Crippen molar-refractivity contribution in [1.82, 2.24) is 20.2 Å². The molecule has 0 radical (unpaired) electrons. The van der Waals surface area contributed by atoms with Gasteiger partial charge in [0.05, 0.1) is 0 Å². The zero-order chi connectivity index (χ0) is 25.5. The van der Waals surface area contributed by atoms with Crippen LogP contribution in [0.5, 0.6) is 0 Å². The maximum absolute atomic E-state index is 14.1. The number of nitrogens with one attached hydrogen (secondary N) is 2. The van der Waals surface area contributed by atoms with E-state index in [4.69, 9.17) is 0 Å². The van der Waals surface area contributed by atoms with E-state index >= 15 is 0 Å². The van der Waals surface area contributed by atoms with Crippen LogP contribution >= 0.6 is 0 Å². The van der Waals surface area contributed by atoms with Crippen molar-refractivity contribution in [3.05, 3.63) is 114 Å². The molecule has 1 aliphatic carbocycles. The molecule has 5 rings (SSSR count). The molecule has 1 atom stereocenters. The average molecular weight is 493 g/mol. The van der Waals surface area contributed by atoms with Gasteiger partial charge in [-0.1, -0.05) is 79.9 Å². The minimum Gasteiger partial charge on any atom is -0.351 e. The van der Waals surface area contributed by atoms with Gasteiger partial charge in [-0.25, -0.2) is 0 Å². The minimum absolute atomic E-state index is 0.134. The number of nitrogens with zero attached hydrogens (tertiary/aromatic N) is 2. The molecule has 1 aliphatic rings. The van der Waals surface area contributed by atoms with Crippen molar-refractivity contribution in [2.45, 2.75) is 50.7 Å². The third-order valence-electron chi connectivity index (χ3n) is 6.99. The Balaban J connectivity index is 1.51. The molecular formula is C31H32N4O2. The highest BCUT2D eigenvalue weighted by Gasteiger charge is 2.34. The summed E-state index contributed by atoms with van der Waals surface area (Å²) in [7, 11) is 0. The number of aromatic nitrogens is 2. The summed E-state index contributed by atoms with van der Waals surface area (Å²) in [5.41, 5.74) is 3.99. The van der Waals surface area contributed by atoms with Crippen LogP contribution < -0.4 is 5.32 Å². The Bertz CT molecular complexity index is 1300. The van der Waals surface area contributed by atoms with Gasteiger partial charge >= 0.3 is 0 Å². The van der Waals surface area contributed by atoms with E-state index < -0.39 is 6.04 Å². The summed E-state index contributed by atoms with van der Waals surface area (Å²) in [5, 5.41) is 3.26. The van der Waals surface area contributed by atoms with Crippen LogP contribution in [0.2, 0.25) is 0 Å². The van der Waals surface area contributed by atoms with Crippen LogP contribution in [0.25, 0.3) is 11.3 Å². The van der Waals surface area contributed by atoms with E-state index in [1.807, 2.05) is 78.9 Å². The standard InChI is InChI=1S/C31H32N4O2/c36-30(33-26-14-8-3-9-15-26)29(25-18-20-32-21-19-25)35(22-23-10-4-1-5-11-23)31(37)28-17-16-27(34-28)24-12-6-2-7-13-24/h1-2,4-7,10-13,16-21,26,29,34H,3,8-9,14-15,22H2,(H,33,36)/t29-/m1/s1. The van der Waals surface area contributed by atoms with Gasteiger partial charge in [0, 0.05) is 30.7 Å². The highest BCUT2D eigenvalue weighted by molar-refractivity contribution is 5.97. The number of aromatic amines is 1. The Hall–Kier alpha value is -4.19. The van der Waals surface area contributed by atoms with Gasteiger partial charge in [0.2, 0.25) is 5.91 Å². The van der Waals surface area contributed by atoms with E-state index in [0.717, 1.165) is 48.1 Å². The molecule has 6 heteroatoms. The SMILES string of the molecule is O=C(NC1CCCCC1)[C@@H](c1ccncc1)N(Cc1ccccc1)C(=O)c1ccc(-c2ccccc2)[nH]1. The normalized spacial score (nSPS) is 14.6. The van der Waals surface area contributed by atoms with Crippen LogP contribution in [-0.4, -0.2) is 32.7 Å². The molecule has 2 heterocycles. The Morgan fingerprint density at radius 1 is 0.865 bits per heavy atom. The van der Waals surface area contributed by atoms with Crippen molar-refractivity contribution < 1.29 is 9.59 Å². The van der Waals surface area contributed by atoms with Gasteiger partial charge < -0.3 is 15.2 Å². The Labute approximate surface area is 217 Å². The lowest BCUT2D eigenvalue weighted by Crippen LogP contribution is -2.47. The molecule has 1 saturated carbocycles. The molecule has 2 aromatic heterocycles. The van der Waals surface area contributed by atoms with Crippen molar-refractivity contribution in [1.29, 1.82) is 0 Å². The summed E-state index contributed by atoms with van der Waals surface area (Å²) in [5.74, 6) is -0.385. The highest BCUT2D eigenvalue weighted by Crippen LogP contribution is 2.28. The van der Waals surface area contributed by atoms with Crippen molar-refractivity contribution >= 4 is 11.8 Å². The first kappa shape index (κ1) is 24.5. The average Bonchev–Trinajstić information content (AvgIpc) is 3.45. The van der Waals surface area contributed by atoms with E-state index in [-0.39, 0.29) is 17.9 Å². The summed E-state index contributed by atoms with van der Waals surface area (Å²) in [6.07, 6.45) is 8.71. The lowest BCUT2D eigenvalue weighted by Gasteiger charge is -2.33. The first-order valence-corrected chi connectivity index (χ1v) is 13.0. The van der Waals surface area contributed by atoms with Crippen LogP contribution in [-0.2, 0) is 11.3 Å². The lowest BCUT2D eigenvalue weighted by atomic mass is 9.94. The van der Waals surface area contributed by atoms with E-state index in [0.29, 0.717) is 12.2 Å². The second-order valence-corrected chi connectivity index (χ2v) is 9.60. The van der Waals surface area contributed by atoms with E-state index in [1.54, 1.807) is 23.4 Å². The summed E-state index contributed by atoms with van der Waals surface area (Å²) in [4.78, 5) is 37.1. The predicted molar refractivity (Wildman–Crippen MR) is 145 cm³/mol. The number of hydrogen-bond acceptors (Lipinski definition) is 3. The van der Waals surface area contributed by atoms with Gasteiger partial charge in [0.1, 0.15) is 11.7 Å². The van der Waals surface area contributed by atoms with Crippen LogP contribution in [0.1, 0.15) is 59.8 Å². The zero-order valence-electron chi connectivity index (χ0n) is 20.8. The molecule has 0 bridgehead atoms. The molecule has 2 N–H and O–H groups in total. The van der Waals surface area contributed by atoms with Crippen LogP contribution in [0.15, 0.2) is 97.3 Å². The molecule has 0 aliphatic heterocycles. The number of benzene rings is 2. The van der Waals surface area contributed by atoms with Crippen LogP contribution in [0.3, 0.4) is 0 Å². The Morgan fingerprint density at radius 3 is 2.24 bits per heavy atom. The second-order valence-electron chi connectivity index (χ2n) is 9.60. The number of carbonyl (C=O) groups is 2. The molecule has 2 amide bonds. The van der Waals surface area contributed by atoms with Gasteiger partial charge in [-0.15, -0.1) is 0 Å². The summed E-state index contributed by atoms with van der Waals surface area (Å²) < 4.78 is 0. The molecule has 6 nitrogen and oxygen atoms in total. The largest absolute Gasteiger partial charge is 0.351 e. The molecular weight excluding hydrogens is 460 g/mol. The number of rotatable bonds is 8. The fourth-order valence-electron chi connectivity index (χ4n) is 5.07. The van der Waals surface area contributed by atoms with Gasteiger partial charge in [0.25, 0.3) is 5.91 Å². The molecule has 0 spiro atoms. The maximum Gasteiger partial charge on any atom is 0.271 e. The quantitative estimate of drug-likeness (QED) is 0.321. The summed E-state index contributed by atoms with van der Waals surface area (Å²) in [6, 6.07) is 26.4. The van der Waals surface area contributed by atoms with Gasteiger partial charge in [-0.05, 0) is 53.8 Å². The van der Waals surface area contributed by atoms with Crippen molar-refractivity contribution in [3.63, 3.8) is 0 Å². The van der Waals surface area contributed by atoms with E-state index in [1.165, 1.54) is 6.42 Å². The zero-order valence-corrected chi connectivity index (χ0v) is 20.8. The molecule has 4 aromatic rings. The van der Waals surface area contributed by atoms with E-state index in [9.17, 15) is 9.59 Å². The fraction of sp³-hybridized carbons (Fsp3) is 0.258. The van der Waals surface area contributed by atoms with Gasteiger partial charge in [-0.3, -0.25) is 14.6 Å². The highest BCUT2D eigenvalue weighted by atomic mass is 16.2. The number of amides is 2. The number of carbonyl (C=O) groups excluding carboxylic acids is 2. The third kappa shape index (κ3) is 5.97. The van der Waals surface area contributed by atoms with Gasteiger partial charge in [0.15, 0.2) is 0 Å². The van der Waals surface area contributed by atoms with Crippen molar-refractivity contribution in [2.75, 3.05) is 0 Å². The van der Waals surface area contributed by atoms with Crippen LogP contribution in [0.4, 0.5) is 0 Å². The Morgan fingerprint density at radius 2 is 1.54 bits per heavy atom. The fourth-order valence-corrected chi connectivity index (χ4v) is 5.07. The molecule has 188 valence electrons. The topological polar surface area (TPSA) is 78.1 Å². The molecule has 0 unspecified atom stereocenters. The number of hydrogen-bond donors (Lipinski definition) is 2. The lowest BCUT2D eigenvalue weighted by molar-refractivity contribution is -0.127. The minimum atomic E-state index is -0.791. The smallest absolute Gasteiger partial charge is 0.271 e. The van der Waals surface area contributed by atoms with Gasteiger partial charge in [-0.2, -0.15) is 0 Å². The first-order chi connectivity index (χ1) is 18.2. The van der Waals surface area contributed by atoms with Crippen LogP contribution in [0, 0.1) is 0 Å². The number of pyridine rings is 1. The molecule has 37 heavy (non-hydrogen) atoms. The van der Waals surface area contributed by atoms with Crippen molar-refractivity contribution in [3.8, 4) is 11.3 Å².